The van der Waals surface area contributed by atoms with Crippen molar-refractivity contribution in [3.8, 4) is 11.3 Å². The van der Waals surface area contributed by atoms with E-state index in [0.29, 0.717) is 11.3 Å². The molecule has 0 spiro atoms. The molecule has 0 aliphatic rings. The molecule has 0 atom stereocenters. The third-order valence-corrected chi connectivity index (χ3v) is 2.37. The third kappa shape index (κ3) is 1.86. The normalized spacial score (nSPS) is 10.4. The summed E-state index contributed by atoms with van der Waals surface area (Å²) in [5.41, 5.74) is 8.31. The maximum Gasteiger partial charge on any atom is 0.220 e. The van der Waals surface area contributed by atoms with Crippen molar-refractivity contribution in [3.05, 3.63) is 41.3 Å². The van der Waals surface area contributed by atoms with Crippen molar-refractivity contribution in [2.75, 3.05) is 5.73 Å². The number of halogens is 1. The molecular weight excluding hydrogens is 205 g/mol. The fraction of sp³-hybridized carbons (Fsp3) is 0.167. The Kier molecular flexibility index (Phi) is 2.56. The summed E-state index contributed by atoms with van der Waals surface area (Å²) in [5, 5.41) is 0. The molecule has 0 bridgehead atoms. The van der Waals surface area contributed by atoms with Crippen LogP contribution in [0.25, 0.3) is 11.3 Å². The topological polar surface area (TPSA) is 51.8 Å². The Hall–Kier alpha value is -1.97. The Morgan fingerprint density at radius 3 is 2.75 bits per heavy atom. The molecule has 0 saturated heterocycles. The number of anilines is 1. The fourth-order valence-electron chi connectivity index (χ4n) is 1.55. The molecule has 2 rings (SSSR count). The summed E-state index contributed by atoms with van der Waals surface area (Å²) in [5.74, 6) is -0.145. The number of hydrogen-bond donors (Lipinski definition) is 1. The zero-order valence-electron chi connectivity index (χ0n) is 9.16. The molecule has 16 heavy (non-hydrogen) atoms. The summed E-state index contributed by atoms with van der Waals surface area (Å²) in [6.07, 6.45) is 1.60. The van der Waals surface area contributed by atoms with E-state index in [1.54, 1.807) is 18.3 Å². The van der Waals surface area contributed by atoms with Gasteiger partial charge in [0.05, 0.1) is 5.69 Å². The maximum absolute atomic E-state index is 13.7. The number of nitrogens with two attached hydrogens (primary N) is 1. The standard InChI is InChI=1S/C12H12FN3/c1-7-3-4-10(13)9(5-7)11-8(2)6-15-12(14)16-11/h3-6H,1-2H3,(H2,14,15,16). The molecule has 0 amide bonds. The molecule has 0 aliphatic carbocycles. The third-order valence-electron chi connectivity index (χ3n) is 2.37. The minimum Gasteiger partial charge on any atom is -0.368 e. The zero-order chi connectivity index (χ0) is 11.7. The molecule has 3 nitrogen and oxygen atoms in total. The molecule has 1 aromatic heterocycles. The predicted octanol–water partition coefficient (Wildman–Crippen LogP) is 2.48. The minimum absolute atomic E-state index is 0.154. The summed E-state index contributed by atoms with van der Waals surface area (Å²) in [6.45, 7) is 3.74. The van der Waals surface area contributed by atoms with Crippen LogP contribution in [0.2, 0.25) is 0 Å². The highest BCUT2D eigenvalue weighted by molar-refractivity contribution is 5.64. The van der Waals surface area contributed by atoms with E-state index in [2.05, 4.69) is 9.97 Å². The molecule has 0 fully saturated rings. The van der Waals surface area contributed by atoms with Crippen molar-refractivity contribution in [3.63, 3.8) is 0 Å². The zero-order valence-corrected chi connectivity index (χ0v) is 9.16. The van der Waals surface area contributed by atoms with Crippen LogP contribution in [0.5, 0.6) is 0 Å². The number of rotatable bonds is 1. The van der Waals surface area contributed by atoms with Crippen LogP contribution in [0.15, 0.2) is 24.4 Å². The van der Waals surface area contributed by atoms with Crippen LogP contribution < -0.4 is 5.73 Å². The van der Waals surface area contributed by atoms with Gasteiger partial charge in [0.15, 0.2) is 0 Å². The van der Waals surface area contributed by atoms with E-state index in [1.807, 2.05) is 13.8 Å². The van der Waals surface area contributed by atoms with Gasteiger partial charge in [0.2, 0.25) is 5.95 Å². The number of benzene rings is 1. The quantitative estimate of drug-likeness (QED) is 0.798. The Morgan fingerprint density at radius 2 is 2.00 bits per heavy atom. The fourth-order valence-corrected chi connectivity index (χ4v) is 1.55. The molecule has 1 heterocycles. The minimum atomic E-state index is -0.299. The summed E-state index contributed by atoms with van der Waals surface area (Å²) < 4.78 is 13.7. The molecule has 1 aromatic carbocycles. The van der Waals surface area contributed by atoms with E-state index in [9.17, 15) is 4.39 Å². The highest BCUT2D eigenvalue weighted by Gasteiger charge is 2.10. The highest BCUT2D eigenvalue weighted by Crippen LogP contribution is 2.25. The van der Waals surface area contributed by atoms with Crippen molar-refractivity contribution in [1.29, 1.82) is 0 Å². The van der Waals surface area contributed by atoms with E-state index in [-0.39, 0.29) is 11.8 Å². The summed E-state index contributed by atoms with van der Waals surface area (Å²) >= 11 is 0. The van der Waals surface area contributed by atoms with E-state index < -0.39 is 0 Å². The van der Waals surface area contributed by atoms with Gasteiger partial charge >= 0.3 is 0 Å². The smallest absolute Gasteiger partial charge is 0.220 e. The average Bonchev–Trinajstić information content (AvgIpc) is 2.25. The van der Waals surface area contributed by atoms with E-state index in [1.165, 1.54) is 6.07 Å². The van der Waals surface area contributed by atoms with Crippen LogP contribution >= 0.6 is 0 Å². The summed E-state index contributed by atoms with van der Waals surface area (Å²) in [7, 11) is 0. The lowest BCUT2D eigenvalue weighted by atomic mass is 10.1. The van der Waals surface area contributed by atoms with E-state index >= 15 is 0 Å². The second kappa shape index (κ2) is 3.89. The molecule has 82 valence electrons. The number of aryl methyl sites for hydroxylation is 2. The second-order valence-corrected chi connectivity index (χ2v) is 3.74. The first kappa shape index (κ1) is 10.5. The number of nitrogen functional groups attached to an aromatic ring is 1. The van der Waals surface area contributed by atoms with Gasteiger partial charge in [0, 0.05) is 11.8 Å². The van der Waals surface area contributed by atoms with Gasteiger partial charge in [-0.3, -0.25) is 0 Å². The number of nitrogens with zero attached hydrogens (tertiary/aromatic N) is 2. The Morgan fingerprint density at radius 1 is 1.25 bits per heavy atom. The largest absolute Gasteiger partial charge is 0.368 e. The molecule has 0 radical (unpaired) electrons. The molecule has 0 saturated carbocycles. The van der Waals surface area contributed by atoms with E-state index in [4.69, 9.17) is 5.73 Å². The Bertz CT molecular complexity index is 488. The monoisotopic (exact) mass is 217 g/mol. The van der Waals surface area contributed by atoms with Gasteiger partial charge in [-0.05, 0) is 31.5 Å². The first-order valence-corrected chi connectivity index (χ1v) is 4.93. The van der Waals surface area contributed by atoms with Gasteiger partial charge in [0.25, 0.3) is 0 Å². The number of hydrogen-bond acceptors (Lipinski definition) is 3. The molecule has 0 unspecified atom stereocenters. The van der Waals surface area contributed by atoms with Gasteiger partial charge in [0.1, 0.15) is 5.82 Å². The lowest BCUT2D eigenvalue weighted by Gasteiger charge is -2.07. The number of aromatic nitrogens is 2. The van der Waals surface area contributed by atoms with E-state index in [0.717, 1.165) is 11.1 Å². The summed E-state index contributed by atoms with van der Waals surface area (Å²) in [6, 6.07) is 4.91. The second-order valence-electron chi connectivity index (χ2n) is 3.74. The van der Waals surface area contributed by atoms with Gasteiger partial charge in [-0.2, -0.15) is 0 Å². The molecule has 4 heteroatoms. The van der Waals surface area contributed by atoms with Crippen LogP contribution in [0.4, 0.5) is 10.3 Å². The predicted molar refractivity (Wildman–Crippen MR) is 61.3 cm³/mol. The molecular formula is C12H12FN3. The summed E-state index contributed by atoms with van der Waals surface area (Å²) in [4.78, 5) is 7.93. The van der Waals surface area contributed by atoms with Crippen molar-refractivity contribution < 1.29 is 4.39 Å². The van der Waals surface area contributed by atoms with Crippen molar-refractivity contribution in [2.24, 2.45) is 0 Å². The average molecular weight is 217 g/mol. The van der Waals surface area contributed by atoms with Crippen molar-refractivity contribution >= 4 is 5.95 Å². The van der Waals surface area contributed by atoms with Crippen LogP contribution in [-0.2, 0) is 0 Å². The van der Waals surface area contributed by atoms with Crippen molar-refractivity contribution in [2.45, 2.75) is 13.8 Å². The highest BCUT2D eigenvalue weighted by atomic mass is 19.1. The molecule has 2 aromatic rings. The first-order valence-electron chi connectivity index (χ1n) is 4.93. The van der Waals surface area contributed by atoms with Crippen LogP contribution in [0.3, 0.4) is 0 Å². The van der Waals surface area contributed by atoms with Crippen LogP contribution in [0.1, 0.15) is 11.1 Å². The van der Waals surface area contributed by atoms with Gasteiger partial charge in [-0.15, -0.1) is 0 Å². The lowest BCUT2D eigenvalue weighted by molar-refractivity contribution is 0.630. The maximum atomic E-state index is 13.7. The SMILES string of the molecule is Cc1ccc(F)c(-c2nc(N)ncc2C)c1. The van der Waals surface area contributed by atoms with Gasteiger partial charge in [-0.25, -0.2) is 14.4 Å². The molecule has 0 aliphatic heterocycles. The van der Waals surface area contributed by atoms with Gasteiger partial charge in [-0.1, -0.05) is 11.6 Å². The van der Waals surface area contributed by atoms with Gasteiger partial charge < -0.3 is 5.73 Å². The first-order chi connectivity index (χ1) is 7.58. The molecule has 2 N–H and O–H groups in total. The van der Waals surface area contributed by atoms with Crippen LogP contribution in [-0.4, -0.2) is 9.97 Å². The van der Waals surface area contributed by atoms with Crippen LogP contribution in [0, 0.1) is 19.7 Å². The lowest BCUT2D eigenvalue weighted by Crippen LogP contribution is -1.99. The Labute approximate surface area is 93.2 Å². The Balaban J connectivity index is 2.66. The van der Waals surface area contributed by atoms with Crippen molar-refractivity contribution in [1.82, 2.24) is 9.97 Å².